The van der Waals surface area contributed by atoms with Gasteiger partial charge in [-0.05, 0) is 25.1 Å². The highest BCUT2D eigenvalue weighted by Gasteiger charge is 2.30. The molecule has 0 fully saturated rings. The summed E-state index contributed by atoms with van der Waals surface area (Å²) in [5.41, 5.74) is 0.655. The van der Waals surface area contributed by atoms with E-state index >= 15 is 0 Å². The van der Waals surface area contributed by atoms with Gasteiger partial charge in [0.25, 0.3) is 0 Å². The summed E-state index contributed by atoms with van der Waals surface area (Å²) < 4.78 is 38.4. The first-order chi connectivity index (χ1) is 12.3. The maximum atomic E-state index is 12.8. The van der Waals surface area contributed by atoms with Crippen molar-refractivity contribution >= 4 is 39.8 Å². The van der Waals surface area contributed by atoms with Gasteiger partial charge in [0.15, 0.2) is 5.13 Å². The molecule has 0 aliphatic carbocycles. The molecule has 3 aromatic rings. The quantitative estimate of drug-likeness (QED) is 0.614. The summed E-state index contributed by atoms with van der Waals surface area (Å²) in [6.45, 7) is 1.87. The number of hydrogen-bond donors (Lipinski definition) is 1. The highest BCUT2D eigenvalue weighted by Crippen LogP contribution is 2.33. The van der Waals surface area contributed by atoms with Crippen LogP contribution in [-0.2, 0) is 11.0 Å². The largest absolute Gasteiger partial charge is 0.416 e. The Kier molecular flexibility index (Phi) is 5.19. The van der Waals surface area contributed by atoms with E-state index in [9.17, 15) is 18.0 Å². The van der Waals surface area contributed by atoms with E-state index in [1.165, 1.54) is 23.5 Å². The van der Waals surface area contributed by atoms with Crippen LogP contribution in [0.25, 0.3) is 17.3 Å². The van der Waals surface area contributed by atoms with Crippen LogP contribution in [0.1, 0.15) is 16.3 Å². The molecule has 2 heterocycles. The molecule has 0 aliphatic rings. The number of rotatable bonds is 4. The molecular weight excluding hydrogens is 383 g/mol. The van der Waals surface area contributed by atoms with Gasteiger partial charge in [-0.25, -0.2) is 9.97 Å². The van der Waals surface area contributed by atoms with Gasteiger partial charge in [-0.1, -0.05) is 12.1 Å². The number of hydrogen-bond acceptors (Lipinski definition) is 5. The molecule has 134 valence electrons. The van der Waals surface area contributed by atoms with E-state index in [2.05, 4.69) is 15.3 Å². The Bertz CT molecular complexity index is 960. The lowest BCUT2D eigenvalue weighted by molar-refractivity contribution is -0.137. The molecule has 1 amide bonds. The van der Waals surface area contributed by atoms with Crippen molar-refractivity contribution in [1.82, 2.24) is 9.97 Å². The van der Waals surface area contributed by atoms with E-state index in [0.717, 1.165) is 28.5 Å². The highest BCUT2D eigenvalue weighted by molar-refractivity contribution is 7.14. The summed E-state index contributed by atoms with van der Waals surface area (Å²) in [5, 5.41) is 7.22. The monoisotopic (exact) mass is 395 g/mol. The lowest BCUT2D eigenvalue weighted by Crippen LogP contribution is -2.07. The Hall–Kier alpha value is -2.52. The Labute approximate surface area is 155 Å². The van der Waals surface area contributed by atoms with Crippen molar-refractivity contribution in [3.05, 3.63) is 57.4 Å². The van der Waals surface area contributed by atoms with Crippen molar-refractivity contribution in [2.75, 3.05) is 5.32 Å². The minimum atomic E-state index is -4.41. The Morgan fingerprint density at radius 1 is 1.19 bits per heavy atom. The normalized spacial score (nSPS) is 11.8. The number of carbonyl (C=O) groups is 1. The van der Waals surface area contributed by atoms with Crippen molar-refractivity contribution < 1.29 is 18.0 Å². The Balaban J connectivity index is 1.70. The highest BCUT2D eigenvalue weighted by atomic mass is 32.1. The molecule has 0 saturated heterocycles. The van der Waals surface area contributed by atoms with Crippen LogP contribution in [0.4, 0.5) is 18.3 Å². The summed E-state index contributed by atoms with van der Waals surface area (Å²) in [7, 11) is 0. The second-order valence-electron chi connectivity index (χ2n) is 5.23. The van der Waals surface area contributed by atoms with Gasteiger partial charge in [0.1, 0.15) is 0 Å². The van der Waals surface area contributed by atoms with E-state index in [4.69, 9.17) is 0 Å². The van der Waals surface area contributed by atoms with Crippen molar-refractivity contribution in [1.29, 1.82) is 0 Å². The minimum absolute atomic E-state index is 0.307. The SMILES string of the molecule is Cc1nc(/C=C/C(=O)Nc2nc(-c3cccc(C(F)(F)F)c3)cs2)cs1. The van der Waals surface area contributed by atoms with Crippen molar-refractivity contribution in [3.8, 4) is 11.3 Å². The maximum absolute atomic E-state index is 12.8. The van der Waals surface area contributed by atoms with Crippen molar-refractivity contribution in [2.45, 2.75) is 13.1 Å². The molecule has 0 saturated carbocycles. The van der Waals surface area contributed by atoms with Crippen LogP contribution in [0.3, 0.4) is 0 Å². The van der Waals surface area contributed by atoms with E-state index in [1.807, 2.05) is 12.3 Å². The lowest BCUT2D eigenvalue weighted by Gasteiger charge is -2.07. The van der Waals surface area contributed by atoms with E-state index in [1.54, 1.807) is 17.5 Å². The molecule has 1 aromatic carbocycles. The van der Waals surface area contributed by atoms with Gasteiger partial charge in [-0.3, -0.25) is 10.1 Å². The number of benzene rings is 1. The smallest absolute Gasteiger partial charge is 0.298 e. The number of thiazole rings is 2. The number of halogens is 3. The molecule has 26 heavy (non-hydrogen) atoms. The molecular formula is C17H12F3N3OS2. The minimum Gasteiger partial charge on any atom is -0.298 e. The zero-order valence-electron chi connectivity index (χ0n) is 13.4. The van der Waals surface area contributed by atoms with Crippen molar-refractivity contribution in [2.24, 2.45) is 0 Å². The first-order valence-electron chi connectivity index (χ1n) is 7.35. The summed E-state index contributed by atoms with van der Waals surface area (Å²) in [5.74, 6) is -0.388. The summed E-state index contributed by atoms with van der Waals surface area (Å²) in [4.78, 5) is 20.3. The van der Waals surface area contributed by atoms with Crippen LogP contribution in [0.2, 0.25) is 0 Å². The molecule has 1 N–H and O–H groups in total. The fourth-order valence-electron chi connectivity index (χ4n) is 2.08. The molecule has 0 spiro atoms. The van der Waals surface area contributed by atoms with E-state index < -0.39 is 11.7 Å². The second kappa shape index (κ2) is 7.38. The maximum Gasteiger partial charge on any atom is 0.416 e. The van der Waals surface area contributed by atoms with Gasteiger partial charge in [-0.15, -0.1) is 22.7 Å². The predicted molar refractivity (Wildman–Crippen MR) is 97.1 cm³/mol. The third-order valence-corrected chi connectivity index (χ3v) is 4.81. The van der Waals surface area contributed by atoms with Gasteiger partial charge in [0.05, 0.1) is 22.0 Å². The average molecular weight is 395 g/mol. The number of aryl methyl sites for hydroxylation is 1. The predicted octanol–water partition coefficient (Wildman–Crippen LogP) is 5.25. The Morgan fingerprint density at radius 2 is 2.00 bits per heavy atom. The van der Waals surface area contributed by atoms with E-state index in [0.29, 0.717) is 22.1 Å². The number of anilines is 1. The second-order valence-corrected chi connectivity index (χ2v) is 7.15. The summed E-state index contributed by atoms with van der Waals surface area (Å²) in [6.07, 6.45) is -1.50. The molecule has 2 aromatic heterocycles. The van der Waals surface area contributed by atoms with E-state index in [-0.39, 0.29) is 5.91 Å². The fourth-order valence-corrected chi connectivity index (χ4v) is 3.39. The van der Waals surface area contributed by atoms with Crippen LogP contribution in [0.5, 0.6) is 0 Å². The molecule has 9 heteroatoms. The number of alkyl halides is 3. The summed E-state index contributed by atoms with van der Waals surface area (Å²) in [6, 6.07) is 4.91. The van der Waals surface area contributed by atoms with Gasteiger partial charge in [0.2, 0.25) is 5.91 Å². The van der Waals surface area contributed by atoms with Crippen LogP contribution in [-0.4, -0.2) is 15.9 Å². The van der Waals surface area contributed by atoms with Gasteiger partial charge in [0, 0.05) is 22.4 Å². The first kappa shape index (κ1) is 18.3. The average Bonchev–Trinajstić information content (AvgIpc) is 3.21. The van der Waals surface area contributed by atoms with Gasteiger partial charge < -0.3 is 0 Å². The Morgan fingerprint density at radius 3 is 2.69 bits per heavy atom. The van der Waals surface area contributed by atoms with Crippen molar-refractivity contribution in [3.63, 3.8) is 0 Å². The molecule has 0 atom stereocenters. The third-order valence-electron chi connectivity index (χ3n) is 3.26. The summed E-state index contributed by atoms with van der Waals surface area (Å²) >= 11 is 2.62. The number of nitrogens with zero attached hydrogens (tertiary/aromatic N) is 2. The zero-order chi connectivity index (χ0) is 18.7. The molecule has 0 bridgehead atoms. The molecule has 0 unspecified atom stereocenters. The number of amides is 1. The number of aromatic nitrogens is 2. The molecule has 3 rings (SSSR count). The van der Waals surface area contributed by atoms with Gasteiger partial charge in [-0.2, -0.15) is 13.2 Å². The van der Waals surface area contributed by atoms with Crippen LogP contribution >= 0.6 is 22.7 Å². The third kappa shape index (κ3) is 4.55. The standard InChI is InChI=1S/C17H12F3N3OS2/c1-10-21-13(8-25-10)5-6-15(24)23-16-22-14(9-26-16)11-3-2-4-12(7-11)17(18,19)20/h2-9H,1H3,(H,22,23,24)/b6-5+. The molecule has 0 aliphatic heterocycles. The van der Waals surface area contributed by atoms with Crippen LogP contribution in [0.15, 0.2) is 41.1 Å². The molecule has 4 nitrogen and oxygen atoms in total. The lowest BCUT2D eigenvalue weighted by atomic mass is 10.1. The zero-order valence-corrected chi connectivity index (χ0v) is 15.0. The topological polar surface area (TPSA) is 54.9 Å². The van der Waals surface area contributed by atoms with Crippen LogP contribution < -0.4 is 5.32 Å². The van der Waals surface area contributed by atoms with Gasteiger partial charge >= 0.3 is 6.18 Å². The number of carbonyl (C=O) groups excluding carboxylic acids is 1. The van der Waals surface area contributed by atoms with Crippen LogP contribution in [0, 0.1) is 6.92 Å². The fraction of sp³-hybridized carbons (Fsp3) is 0.118. The number of nitrogens with one attached hydrogen (secondary N) is 1. The molecule has 0 radical (unpaired) electrons. The first-order valence-corrected chi connectivity index (χ1v) is 9.11.